The highest BCUT2D eigenvalue weighted by atomic mass is 19.1. The molecule has 8 rings (SSSR count). The van der Waals surface area contributed by atoms with Gasteiger partial charge in [0.05, 0.1) is 39.8 Å². The predicted molar refractivity (Wildman–Crippen MR) is 168 cm³/mol. The molecule has 4 aromatic rings. The van der Waals surface area contributed by atoms with Crippen LogP contribution in [0.15, 0.2) is 24.3 Å². The van der Waals surface area contributed by atoms with E-state index in [2.05, 4.69) is 30.7 Å². The summed E-state index contributed by atoms with van der Waals surface area (Å²) in [7, 11) is 0. The molecule has 238 valence electrons. The maximum absolute atomic E-state index is 17.0. The number of anilines is 2. The fraction of sp³-hybridized carbons (Fsp3) is 0.441. The second-order valence-corrected chi connectivity index (χ2v) is 12.9. The Morgan fingerprint density at radius 2 is 2.00 bits per heavy atom. The van der Waals surface area contributed by atoms with Crippen molar-refractivity contribution in [3.05, 3.63) is 41.5 Å². The van der Waals surface area contributed by atoms with Gasteiger partial charge < -0.3 is 25.2 Å². The molecule has 3 saturated heterocycles. The maximum Gasteiger partial charge on any atom is 0.225 e. The molecule has 4 aliphatic heterocycles. The lowest BCUT2D eigenvalue weighted by molar-refractivity contribution is 0.111. The van der Waals surface area contributed by atoms with E-state index in [-0.39, 0.29) is 64.6 Å². The average molecular weight is 631 g/mol. The highest BCUT2D eigenvalue weighted by molar-refractivity contribution is 6.03. The Bertz CT molecular complexity index is 1930. The van der Waals surface area contributed by atoms with E-state index < -0.39 is 29.4 Å². The summed E-state index contributed by atoms with van der Waals surface area (Å²) in [5.74, 6) is 1.35. The topological polar surface area (TPSA) is 110 Å². The van der Waals surface area contributed by atoms with Crippen molar-refractivity contribution in [2.45, 2.75) is 62.4 Å². The van der Waals surface area contributed by atoms with Crippen LogP contribution in [0.2, 0.25) is 0 Å². The molecule has 0 amide bonds. The second kappa shape index (κ2) is 10.9. The highest BCUT2D eigenvalue weighted by Gasteiger charge is 2.49. The number of aromatic nitrogens is 3. The molecule has 0 saturated carbocycles. The SMILES string of the molecule is C#Cc1c(F)ccc2nc(N)cc(-c3nc4c5c(cc(OC[C@@]67CCCN6C[C@H](F)C7)nc5c3F)N3CC[C@@H](O)CC[C@@H]3CO4)c12. The summed E-state index contributed by atoms with van der Waals surface area (Å²) < 4.78 is 59.1. The van der Waals surface area contributed by atoms with Crippen molar-refractivity contribution in [1.82, 2.24) is 19.9 Å². The van der Waals surface area contributed by atoms with Gasteiger partial charge in [-0.15, -0.1) is 6.42 Å². The van der Waals surface area contributed by atoms with Gasteiger partial charge in [-0.2, -0.15) is 0 Å². The number of nitrogens with zero attached hydrogens (tertiary/aromatic N) is 5. The third-order valence-corrected chi connectivity index (χ3v) is 10.1. The first-order valence-electron chi connectivity index (χ1n) is 15.7. The Kier molecular flexibility index (Phi) is 6.88. The normalized spacial score (nSPS) is 25.9. The number of benzene rings is 1. The molecule has 7 heterocycles. The van der Waals surface area contributed by atoms with Crippen LogP contribution in [0.1, 0.15) is 44.1 Å². The van der Waals surface area contributed by atoms with Crippen molar-refractivity contribution in [3.8, 4) is 35.4 Å². The lowest BCUT2D eigenvalue weighted by atomic mass is 9.95. The number of aliphatic hydroxyl groups excluding tert-OH is 1. The summed E-state index contributed by atoms with van der Waals surface area (Å²) in [5.41, 5.74) is 6.49. The Balaban J connectivity index is 1.33. The molecule has 1 aromatic carbocycles. The van der Waals surface area contributed by atoms with E-state index in [1.807, 2.05) is 0 Å². The lowest BCUT2D eigenvalue weighted by Gasteiger charge is -2.32. The van der Waals surface area contributed by atoms with Crippen LogP contribution in [0.4, 0.5) is 24.7 Å². The smallest absolute Gasteiger partial charge is 0.225 e. The van der Waals surface area contributed by atoms with E-state index in [0.29, 0.717) is 55.4 Å². The average Bonchev–Trinajstić information content (AvgIpc) is 3.43. The van der Waals surface area contributed by atoms with Crippen molar-refractivity contribution in [1.29, 1.82) is 0 Å². The molecule has 3 aromatic heterocycles. The zero-order chi connectivity index (χ0) is 31.7. The molecule has 9 nitrogen and oxygen atoms in total. The van der Waals surface area contributed by atoms with Gasteiger partial charge in [0, 0.05) is 36.5 Å². The van der Waals surface area contributed by atoms with Gasteiger partial charge >= 0.3 is 0 Å². The van der Waals surface area contributed by atoms with Gasteiger partial charge in [-0.1, -0.05) is 5.92 Å². The number of pyridine rings is 3. The number of nitrogens with two attached hydrogens (primary N) is 1. The van der Waals surface area contributed by atoms with Gasteiger partial charge in [0.1, 0.15) is 42.2 Å². The molecule has 0 unspecified atom stereocenters. The summed E-state index contributed by atoms with van der Waals surface area (Å²) >= 11 is 0. The Morgan fingerprint density at radius 1 is 1.13 bits per heavy atom. The largest absolute Gasteiger partial charge is 0.476 e. The van der Waals surface area contributed by atoms with E-state index in [1.165, 1.54) is 18.2 Å². The Morgan fingerprint density at radius 3 is 2.85 bits per heavy atom. The molecule has 0 spiro atoms. The Hall–Kier alpha value is -4.34. The number of hydrogen-bond acceptors (Lipinski definition) is 9. The van der Waals surface area contributed by atoms with Crippen LogP contribution in [0.25, 0.3) is 33.1 Å². The number of fused-ring (bicyclic) bond motifs is 4. The van der Waals surface area contributed by atoms with Crippen molar-refractivity contribution in [3.63, 3.8) is 0 Å². The van der Waals surface area contributed by atoms with Gasteiger partial charge in [-0.05, 0) is 56.8 Å². The third kappa shape index (κ3) is 4.59. The molecule has 12 heteroatoms. The lowest BCUT2D eigenvalue weighted by Crippen LogP contribution is -2.43. The number of hydrogen-bond donors (Lipinski definition) is 2. The molecule has 4 atom stereocenters. The number of halogens is 3. The predicted octanol–water partition coefficient (Wildman–Crippen LogP) is 4.75. The van der Waals surface area contributed by atoms with Crippen molar-refractivity contribution >= 4 is 33.3 Å². The van der Waals surface area contributed by atoms with Crippen LogP contribution >= 0.6 is 0 Å². The maximum atomic E-state index is 17.0. The number of ether oxygens (including phenoxy) is 2. The number of alkyl halides is 1. The van der Waals surface area contributed by atoms with Gasteiger partial charge in [0.25, 0.3) is 0 Å². The molecule has 0 radical (unpaired) electrons. The molecular formula is C34H33F3N6O3. The van der Waals surface area contributed by atoms with E-state index in [4.69, 9.17) is 21.6 Å². The van der Waals surface area contributed by atoms with Crippen LogP contribution in [0, 0.1) is 24.0 Å². The molecule has 46 heavy (non-hydrogen) atoms. The van der Waals surface area contributed by atoms with E-state index in [9.17, 15) is 13.9 Å². The molecule has 3 fully saturated rings. The Labute approximate surface area is 263 Å². The molecule has 0 aliphatic carbocycles. The monoisotopic (exact) mass is 630 g/mol. The summed E-state index contributed by atoms with van der Waals surface area (Å²) in [6.45, 7) is 2.15. The minimum atomic E-state index is -0.923. The molecule has 0 bridgehead atoms. The minimum absolute atomic E-state index is 0.0456. The quantitative estimate of drug-likeness (QED) is 0.309. The van der Waals surface area contributed by atoms with Crippen LogP contribution < -0.4 is 20.1 Å². The zero-order valence-corrected chi connectivity index (χ0v) is 25.1. The first-order chi connectivity index (χ1) is 22.2. The van der Waals surface area contributed by atoms with Gasteiger partial charge in [0.2, 0.25) is 11.8 Å². The number of terminal acetylenes is 1. The van der Waals surface area contributed by atoms with Crippen LogP contribution in [-0.4, -0.2) is 81.7 Å². The van der Waals surface area contributed by atoms with Crippen LogP contribution in [0.3, 0.4) is 0 Å². The second-order valence-electron chi connectivity index (χ2n) is 12.9. The molecule has 4 aliphatic rings. The number of nitrogen functional groups attached to an aromatic ring is 1. The van der Waals surface area contributed by atoms with Crippen molar-refractivity contribution in [2.75, 3.05) is 43.5 Å². The molecular weight excluding hydrogens is 597 g/mol. The minimum Gasteiger partial charge on any atom is -0.476 e. The first-order valence-corrected chi connectivity index (χ1v) is 15.7. The highest BCUT2D eigenvalue weighted by Crippen LogP contribution is 2.45. The van der Waals surface area contributed by atoms with E-state index in [1.54, 1.807) is 6.07 Å². The summed E-state index contributed by atoms with van der Waals surface area (Å²) in [6.07, 6.45) is 8.24. The fourth-order valence-corrected chi connectivity index (χ4v) is 7.91. The van der Waals surface area contributed by atoms with Crippen LogP contribution in [0.5, 0.6) is 11.8 Å². The fourth-order valence-electron chi connectivity index (χ4n) is 7.91. The van der Waals surface area contributed by atoms with E-state index in [0.717, 1.165) is 19.4 Å². The van der Waals surface area contributed by atoms with Crippen LogP contribution in [-0.2, 0) is 0 Å². The van der Waals surface area contributed by atoms with Gasteiger partial charge in [-0.25, -0.2) is 28.1 Å². The summed E-state index contributed by atoms with van der Waals surface area (Å²) in [5, 5.41) is 11.0. The zero-order valence-electron chi connectivity index (χ0n) is 25.1. The summed E-state index contributed by atoms with van der Waals surface area (Å²) in [4.78, 5) is 17.9. The van der Waals surface area contributed by atoms with Gasteiger partial charge in [-0.3, -0.25) is 4.90 Å². The number of rotatable bonds is 4. The number of aliphatic hydroxyl groups is 1. The standard InChI is InChI=1S/C34H33F3N6O3/c1-2-21-23(36)6-7-24-28(21)22(12-26(38)39-24)31-30(37)32-29-25(43-11-8-20(44)5-4-19(43)16-45-33(29)41-31)13-27(40-32)46-17-34-9-3-10-42(34)15-18(35)14-34/h1,6-7,12-13,18-20,44H,3-5,8-11,14-17H2,(H2,38,39)/t18-,19-,20+,34+/m1/s1. The first kappa shape index (κ1) is 29.1. The van der Waals surface area contributed by atoms with E-state index >= 15 is 4.39 Å². The van der Waals surface area contributed by atoms with Gasteiger partial charge in [0.15, 0.2) is 5.82 Å². The summed E-state index contributed by atoms with van der Waals surface area (Å²) in [6, 6.07) is 5.70. The van der Waals surface area contributed by atoms with Crippen molar-refractivity contribution in [2.24, 2.45) is 0 Å². The van der Waals surface area contributed by atoms with Crippen molar-refractivity contribution < 1.29 is 27.8 Å². The third-order valence-electron chi connectivity index (χ3n) is 10.1. The molecule has 3 N–H and O–H groups in total.